The van der Waals surface area contributed by atoms with E-state index in [2.05, 4.69) is 4.72 Å². The van der Waals surface area contributed by atoms with Crippen LogP contribution in [-0.4, -0.2) is 26.4 Å². The van der Waals surface area contributed by atoms with Crippen LogP contribution in [-0.2, 0) is 16.6 Å². The van der Waals surface area contributed by atoms with E-state index >= 15 is 0 Å². The van der Waals surface area contributed by atoms with E-state index in [4.69, 9.17) is 0 Å². The Hall–Kier alpha value is -1.86. The summed E-state index contributed by atoms with van der Waals surface area (Å²) in [5, 5.41) is 3.82. The minimum absolute atomic E-state index is 0.0744. The molecule has 0 saturated heterocycles. The average molecular weight is 324 g/mol. The molecule has 1 aromatic heterocycles. The first-order chi connectivity index (χ1) is 9.88. The van der Waals surface area contributed by atoms with Gasteiger partial charge in [0.15, 0.2) is 0 Å². The van der Waals surface area contributed by atoms with Gasteiger partial charge in [-0.3, -0.25) is 0 Å². The van der Waals surface area contributed by atoms with E-state index in [-0.39, 0.29) is 4.90 Å². The zero-order valence-electron chi connectivity index (χ0n) is 11.7. The van der Waals surface area contributed by atoms with Crippen LogP contribution in [0.1, 0.15) is 11.1 Å². The fraction of sp³-hybridized carbons (Fsp3) is 0.214. The molecule has 5 nitrogen and oxygen atoms in total. The summed E-state index contributed by atoms with van der Waals surface area (Å²) >= 11 is 1.53. The second-order valence-corrected chi connectivity index (χ2v) is 7.17. The summed E-state index contributed by atoms with van der Waals surface area (Å²) in [5.74, 6) is 0. The van der Waals surface area contributed by atoms with Crippen molar-refractivity contribution in [1.82, 2.24) is 9.62 Å². The highest BCUT2D eigenvalue weighted by Crippen LogP contribution is 2.11. The monoisotopic (exact) mass is 324 g/mol. The predicted octanol–water partition coefficient (Wildman–Crippen LogP) is 2.59. The lowest BCUT2D eigenvalue weighted by Crippen LogP contribution is -2.40. The molecule has 1 heterocycles. The van der Waals surface area contributed by atoms with Gasteiger partial charge in [0.2, 0.25) is 0 Å². The van der Waals surface area contributed by atoms with Crippen molar-refractivity contribution in [3.8, 4) is 0 Å². The smallest absolute Gasteiger partial charge is 0.323 e. The van der Waals surface area contributed by atoms with Gasteiger partial charge in [-0.25, -0.2) is 17.9 Å². The Morgan fingerprint density at radius 3 is 2.48 bits per heavy atom. The summed E-state index contributed by atoms with van der Waals surface area (Å²) in [4.78, 5) is 13.4. The van der Waals surface area contributed by atoms with Crippen molar-refractivity contribution in [2.24, 2.45) is 0 Å². The molecule has 2 amide bonds. The molecule has 0 aliphatic carbocycles. The molecule has 0 saturated carbocycles. The van der Waals surface area contributed by atoms with Crippen LogP contribution in [0.4, 0.5) is 4.79 Å². The number of nitrogens with one attached hydrogen (secondary N) is 1. The first-order valence-corrected chi connectivity index (χ1v) is 8.67. The molecule has 0 fully saturated rings. The van der Waals surface area contributed by atoms with Gasteiger partial charge in [0.05, 0.1) is 4.90 Å². The third-order valence-corrected chi connectivity index (χ3v) is 4.97. The largest absolute Gasteiger partial charge is 0.331 e. The van der Waals surface area contributed by atoms with E-state index in [1.807, 2.05) is 23.8 Å². The molecule has 2 aromatic rings. The van der Waals surface area contributed by atoms with Crippen LogP contribution in [0, 0.1) is 6.92 Å². The highest BCUT2D eigenvalue weighted by Gasteiger charge is 2.20. The maximum atomic E-state index is 12.1. The molecular weight excluding hydrogens is 308 g/mol. The molecule has 1 N–H and O–H groups in total. The Morgan fingerprint density at radius 1 is 1.24 bits per heavy atom. The number of thiophene rings is 1. The van der Waals surface area contributed by atoms with Crippen molar-refractivity contribution < 1.29 is 13.2 Å². The van der Waals surface area contributed by atoms with Crippen molar-refractivity contribution in [2.75, 3.05) is 7.05 Å². The standard InChI is InChI=1S/C14H16N2O3S2/c1-11-3-5-13(6-4-11)21(18,19)15-14(17)16(2)9-12-7-8-20-10-12/h3-8,10H,9H2,1-2H3,(H,15,17). The van der Waals surface area contributed by atoms with E-state index in [0.717, 1.165) is 11.1 Å². The Bertz CT molecular complexity index is 707. The van der Waals surface area contributed by atoms with Gasteiger partial charge < -0.3 is 4.90 Å². The fourth-order valence-electron chi connectivity index (χ4n) is 1.70. The number of aryl methyl sites for hydroxylation is 1. The first-order valence-electron chi connectivity index (χ1n) is 6.24. The fourth-order valence-corrected chi connectivity index (χ4v) is 3.36. The Kier molecular flexibility index (Phi) is 4.64. The molecular formula is C14H16N2O3S2. The Balaban J connectivity index is 2.05. The van der Waals surface area contributed by atoms with Gasteiger partial charge in [-0.05, 0) is 41.4 Å². The van der Waals surface area contributed by atoms with E-state index in [1.54, 1.807) is 19.2 Å². The molecule has 2 rings (SSSR count). The highest BCUT2D eigenvalue weighted by atomic mass is 32.2. The van der Waals surface area contributed by atoms with Crippen LogP contribution in [0.2, 0.25) is 0 Å². The topological polar surface area (TPSA) is 66.5 Å². The van der Waals surface area contributed by atoms with Crippen LogP contribution in [0.3, 0.4) is 0 Å². The quantitative estimate of drug-likeness (QED) is 0.940. The molecule has 0 unspecified atom stereocenters. The third-order valence-electron chi connectivity index (χ3n) is 2.90. The first kappa shape index (κ1) is 15.5. The number of benzene rings is 1. The molecule has 0 aliphatic rings. The zero-order chi connectivity index (χ0) is 15.5. The SMILES string of the molecule is Cc1ccc(S(=O)(=O)NC(=O)N(C)Cc2ccsc2)cc1. The summed E-state index contributed by atoms with van der Waals surface area (Å²) in [6, 6.07) is 7.57. The number of carbonyl (C=O) groups is 1. The average Bonchev–Trinajstić information content (AvgIpc) is 2.91. The number of amides is 2. The summed E-state index contributed by atoms with van der Waals surface area (Å²) in [5.41, 5.74) is 1.92. The highest BCUT2D eigenvalue weighted by molar-refractivity contribution is 7.90. The molecule has 7 heteroatoms. The van der Waals surface area contributed by atoms with Gasteiger partial charge in [0.25, 0.3) is 10.0 Å². The maximum Gasteiger partial charge on any atom is 0.331 e. The van der Waals surface area contributed by atoms with Gasteiger partial charge in [0, 0.05) is 13.6 Å². The van der Waals surface area contributed by atoms with Gasteiger partial charge in [0.1, 0.15) is 0 Å². The Labute approximate surface area is 128 Å². The lowest BCUT2D eigenvalue weighted by molar-refractivity contribution is 0.213. The van der Waals surface area contributed by atoms with Crippen LogP contribution < -0.4 is 4.72 Å². The van der Waals surface area contributed by atoms with Crippen LogP contribution in [0.25, 0.3) is 0 Å². The van der Waals surface area contributed by atoms with Crippen molar-refractivity contribution in [1.29, 1.82) is 0 Å². The lowest BCUT2D eigenvalue weighted by atomic mass is 10.2. The summed E-state index contributed by atoms with van der Waals surface area (Å²) in [7, 11) is -2.29. The summed E-state index contributed by atoms with van der Waals surface area (Å²) in [6.45, 7) is 2.22. The third kappa shape index (κ3) is 4.05. The maximum absolute atomic E-state index is 12.1. The molecule has 0 spiro atoms. The van der Waals surface area contributed by atoms with E-state index < -0.39 is 16.1 Å². The van der Waals surface area contributed by atoms with Crippen LogP contribution in [0.5, 0.6) is 0 Å². The molecule has 0 radical (unpaired) electrons. The van der Waals surface area contributed by atoms with Crippen molar-refractivity contribution in [3.63, 3.8) is 0 Å². The van der Waals surface area contributed by atoms with Crippen molar-refractivity contribution in [3.05, 3.63) is 52.2 Å². The number of sulfonamides is 1. The number of urea groups is 1. The number of hydrogen-bond acceptors (Lipinski definition) is 4. The number of rotatable bonds is 4. The van der Waals surface area contributed by atoms with Crippen molar-refractivity contribution >= 4 is 27.4 Å². The van der Waals surface area contributed by atoms with E-state index in [9.17, 15) is 13.2 Å². The minimum Gasteiger partial charge on any atom is -0.323 e. The second-order valence-electron chi connectivity index (χ2n) is 4.71. The number of nitrogens with zero attached hydrogens (tertiary/aromatic N) is 1. The lowest BCUT2D eigenvalue weighted by Gasteiger charge is -2.17. The zero-order valence-corrected chi connectivity index (χ0v) is 13.4. The normalized spacial score (nSPS) is 11.1. The van der Waals surface area contributed by atoms with Gasteiger partial charge in [-0.2, -0.15) is 11.3 Å². The van der Waals surface area contributed by atoms with E-state index in [0.29, 0.717) is 6.54 Å². The van der Waals surface area contributed by atoms with E-state index in [1.165, 1.54) is 28.4 Å². The predicted molar refractivity (Wildman–Crippen MR) is 82.7 cm³/mol. The number of hydrogen-bond donors (Lipinski definition) is 1. The van der Waals surface area contributed by atoms with Crippen LogP contribution >= 0.6 is 11.3 Å². The molecule has 0 aliphatic heterocycles. The summed E-state index contributed by atoms with van der Waals surface area (Å²) < 4.78 is 26.3. The van der Waals surface area contributed by atoms with Crippen LogP contribution in [0.15, 0.2) is 46.0 Å². The molecule has 0 bridgehead atoms. The summed E-state index contributed by atoms with van der Waals surface area (Å²) in [6.07, 6.45) is 0. The van der Waals surface area contributed by atoms with Crippen molar-refractivity contribution in [2.45, 2.75) is 18.4 Å². The second kappa shape index (κ2) is 6.28. The molecule has 21 heavy (non-hydrogen) atoms. The van der Waals surface area contributed by atoms with Gasteiger partial charge in [-0.15, -0.1) is 0 Å². The Morgan fingerprint density at radius 2 is 1.90 bits per heavy atom. The molecule has 0 atom stereocenters. The molecule has 1 aromatic carbocycles. The van der Waals surface area contributed by atoms with Gasteiger partial charge >= 0.3 is 6.03 Å². The van der Waals surface area contributed by atoms with Gasteiger partial charge in [-0.1, -0.05) is 17.7 Å². The minimum atomic E-state index is -3.84. The number of carbonyl (C=O) groups excluding carboxylic acids is 1. The molecule has 112 valence electrons.